The van der Waals surface area contributed by atoms with Crippen LogP contribution in [0.1, 0.15) is 17.3 Å². The van der Waals surface area contributed by atoms with Crippen LogP contribution in [0, 0.1) is 0 Å². The summed E-state index contributed by atoms with van der Waals surface area (Å²) in [6.07, 6.45) is 0. The molecule has 0 spiro atoms. The summed E-state index contributed by atoms with van der Waals surface area (Å²) >= 11 is 0. The molecule has 106 valence electrons. The van der Waals surface area contributed by atoms with Gasteiger partial charge in [-0.3, -0.25) is 0 Å². The highest BCUT2D eigenvalue weighted by Gasteiger charge is 2.23. The Hall–Kier alpha value is -2.18. The lowest BCUT2D eigenvalue weighted by atomic mass is 10.0. The van der Waals surface area contributed by atoms with Gasteiger partial charge in [0.1, 0.15) is 5.82 Å². The number of fused-ring (bicyclic) bond motifs is 1. The van der Waals surface area contributed by atoms with E-state index in [2.05, 4.69) is 10.3 Å². The fourth-order valence-electron chi connectivity index (χ4n) is 1.85. The summed E-state index contributed by atoms with van der Waals surface area (Å²) < 4.78 is 0. The molecule has 0 bridgehead atoms. The van der Waals surface area contributed by atoms with E-state index in [9.17, 15) is 20.1 Å². The molecule has 0 amide bonds. The summed E-state index contributed by atoms with van der Waals surface area (Å²) in [7, 11) is 0. The van der Waals surface area contributed by atoms with E-state index in [0.717, 1.165) is 0 Å². The van der Waals surface area contributed by atoms with Crippen molar-refractivity contribution in [2.75, 3.05) is 18.5 Å². The van der Waals surface area contributed by atoms with Crippen LogP contribution in [0.25, 0.3) is 10.9 Å². The molecule has 0 saturated heterocycles. The van der Waals surface area contributed by atoms with Gasteiger partial charge in [-0.05, 0) is 19.1 Å². The van der Waals surface area contributed by atoms with Crippen LogP contribution < -0.4 is 5.32 Å². The summed E-state index contributed by atoms with van der Waals surface area (Å²) in [5, 5.41) is 31.2. The molecule has 1 heterocycles. The van der Waals surface area contributed by atoms with E-state index in [-0.39, 0.29) is 18.8 Å². The first-order chi connectivity index (χ1) is 9.49. The van der Waals surface area contributed by atoms with Crippen molar-refractivity contribution in [2.45, 2.75) is 12.5 Å². The van der Waals surface area contributed by atoms with E-state index in [0.29, 0.717) is 16.7 Å². The lowest BCUT2D eigenvalue weighted by Gasteiger charge is -2.27. The number of aromatic carboxylic acids is 1. The predicted molar refractivity (Wildman–Crippen MR) is 74.9 cm³/mol. The van der Waals surface area contributed by atoms with E-state index in [1.54, 1.807) is 31.2 Å². The molecule has 0 atom stereocenters. The Balaban J connectivity index is 2.53. The molecule has 2 rings (SSSR count). The maximum atomic E-state index is 11.3. The lowest BCUT2D eigenvalue weighted by molar-refractivity contribution is 0.0699. The topological polar surface area (TPSA) is 103 Å². The quantitative estimate of drug-likeness (QED) is 0.652. The SMILES string of the molecule is CC(CO)(CO)Nc1cc(C(=O)O)c2ccccc2n1. The van der Waals surface area contributed by atoms with Gasteiger partial charge in [-0.15, -0.1) is 0 Å². The van der Waals surface area contributed by atoms with E-state index in [4.69, 9.17) is 0 Å². The van der Waals surface area contributed by atoms with Crippen LogP contribution in [0.4, 0.5) is 5.82 Å². The molecule has 20 heavy (non-hydrogen) atoms. The van der Waals surface area contributed by atoms with Crippen LogP contribution in [0.15, 0.2) is 30.3 Å². The summed E-state index contributed by atoms with van der Waals surface area (Å²) in [6, 6.07) is 8.31. The second-order valence-corrected chi connectivity index (χ2v) is 4.88. The van der Waals surface area contributed by atoms with Crippen LogP contribution >= 0.6 is 0 Å². The molecule has 0 saturated carbocycles. The zero-order valence-electron chi connectivity index (χ0n) is 11.0. The number of anilines is 1. The third-order valence-electron chi connectivity index (χ3n) is 3.07. The molecule has 6 heteroatoms. The maximum absolute atomic E-state index is 11.3. The van der Waals surface area contributed by atoms with Gasteiger partial charge in [0.05, 0.1) is 29.8 Å². The molecular formula is C14H16N2O4. The molecule has 1 aromatic carbocycles. The van der Waals surface area contributed by atoms with Crippen LogP contribution in [0.5, 0.6) is 0 Å². The zero-order chi connectivity index (χ0) is 14.8. The monoisotopic (exact) mass is 276 g/mol. The molecular weight excluding hydrogens is 260 g/mol. The lowest BCUT2D eigenvalue weighted by Crippen LogP contribution is -2.42. The van der Waals surface area contributed by atoms with Gasteiger partial charge in [0, 0.05) is 5.39 Å². The van der Waals surface area contributed by atoms with Crippen molar-refractivity contribution in [1.29, 1.82) is 0 Å². The first-order valence-electron chi connectivity index (χ1n) is 6.12. The second-order valence-electron chi connectivity index (χ2n) is 4.88. The van der Waals surface area contributed by atoms with Gasteiger partial charge in [-0.2, -0.15) is 0 Å². The summed E-state index contributed by atoms with van der Waals surface area (Å²) in [5.74, 6) is -0.756. The number of carbonyl (C=O) groups is 1. The normalized spacial score (nSPS) is 11.6. The fourth-order valence-corrected chi connectivity index (χ4v) is 1.85. The molecule has 1 aromatic heterocycles. The van der Waals surface area contributed by atoms with Gasteiger partial charge in [-0.25, -0.2) is 9.78 Å². The summed E-state index contributed by atoms with van der Waals surface area (Å²) in [5.41, 5.74) is -0.310. The van der Waals surface area contributed by atoms with Crippen molar-refractivity contribution < 1.29 is 20.1 Å². The zero-order valence-corrected chi connectivity index (χ0v) is 11.0. The number of carboxylic acids is 1. The van der Waals surface area contributed by atoms with Gasteiger partial charge in [-0.1, -0.05) is 18.2 Å². The van der Waals surface area contributed by atoms with Crippen molar-refractivity contribution in [3.8, 4) is 0 Å². The molecule has 2 aromatic rings. The molecule has 0 aliphatic heterocycles. The fraction of sp³-hybridized carbons (Fsp3) is 0.286. The highest BCUT2D eigenvalue weighted by atomic mass is 16.4. The van der Waals surface area contributed by atoms with Crippen LogP contribution in [-0.4, -0.2) is 45.0 Å². The molecule has 0 aliphatic rings. The second kappa shape index (κ2) is 5.44. The molecule has 6 nitrogen and oxygen atoms in total. The Morgan fingerprint density at radius 2 is 1.95 bits per heavy atom. The van der Waals surface area contributed by atoms with E-state index >= 15 is 0 Å². The van der Waals surface area contributed by atoms with E-state index < -0.39 is 11.5 Å². The van der Waals surface area contributed by atoms with Gasteiger partial charge < -0.3 is 20.6 Å². The minimum Gasteiger partial charge on any atom is -0.478 e. The number of hydrogen-bond acceptors (Lipinski definition) is 5. The standard InChI is InChI=1S/C14H16N2O4/c1-14(7-17,8-18)16-12-6-10(13(19)20)9-4-2-3-5-11(9)15-12/h2-6,17-18H,7-8H2,1H3,(H,15,16)(H,19,20). The number of aliphatic hydroxyl groups excluding tert-OH is 2. The molecule has 0 radical (unpaired) electrons. The number of para-hydroxylation sites is 1. The van der Waals surface area contributed by atoms with Crippen LogP contribution in [0.2, 0.25) is 0 Å². The van der Waals surface area contributed by atoms with Gasteiger partial charge in [0.15, 0.2) is 0 Å². The first kappa shape index (κ1) is 14.2. The van der Waals surface area contributed by atoms with Gasteiger partial charge in [0.2, 0.25) is 0 Å². The minimum absolute atomic E-state index is 0.122. The molecule has 0 unspecified atom stereocenters. The first-order valence-corrected chi connectivity index (χ1v) is 6.12. The number of hydrogen-bond donors (Lipinski definition) is 4. The van der Waals surface area contributed by atoms with Crippen molar-refractivity contribution in [3.63, 3.8) is 0 Å². The minimum atomic E-state index is -1.05. The average molecular weight is 276 g/mol. The number of aliphatic hydroxyl groups is 2. The largest absolute Gasteiger partial charge is 0.478 e. The molecule has 0 fully saturated rings. The third kappa shape index (κ3) is 2.71. The third-order valence-corrected chi connectivity index (χ3v) is 3.07. The Bertz CT molecular complexity index is 638. The number of pyridine rings is 1. The predicted octanol–water partition coefficient (Wildman–Crippen LogP) is 1.09. The maximum Gasteiger partial charge on any atom is 0.336 e. The highest BCUT2D eigenvalue weighted by Crippen LogP contribution is 2.22. The number of aromatic nitrogens is 1. The average Bonchev–Trinajstić information content (AvgIpc) is 2.46. The van der Waals surface area contributed by atoms with E-state index in [1.807, 2.05) is 0 Å². The Morgan fingerprint density at radius 1 is 1.30 bits per heavy atom. The number of nitrogens with one attached hydrogen (secondary N) is 1. The van der Waals surface area contributed by atoms with Gasteiger partial charge in [0.25, 0.3) is 0 Å². The highest BCUT2D eigenvalue weighted by molar-refractivity contribution is 6.03. The number of benzene rings is 1. The van der Waals surface area contributed by atoms with Gasteiger partial charge >= 0.3 is 5.97 Å². The molecule has 0 aliphatic carbocycles. The Morgan fingerprint density at radius 3 is 2.55 bits per heavy atom. The number of rotatable bonds is 5. The van der Waals surface area contributed by atoms with Crippen molar-refractivity contribution >= 4 is 22.7 Å². The van der Waals surface area contributed by atoms with Crippen molar-refractivity contribution in [3.05, 3.63) is 35.9 Å². The van der Waals surface area contributed by atoms with Crippen LogP contribution in [0.3, 0.4) is 0 Å². The Kier molecular flexibility index (Phi) is 3.87. The number of carboxylic acid groups (broad SMARTS) is 1. The summed E-state index contributed by atoms with van der Waals surface area (Å²) in [4.78, 5) is 15.6. The molecule has 4 N–H and O–H groups in total. The Labute approximate surface area is 115 Å². The smallest absolute Gasteiger partial charge is 0.336 e. The van der Waals surface area contributed by atoms with Crippen molar-refractivity contribution in [2.24, 2.45) is 0 Å². The van der Waals surface area contributed by atoms with Crippen LogP contribution in [-0.2, 0) is 0 Å². The van der Waals surface area contributed by atoms with Crippen molar-refractivity contribution in [1.82, 2.24) is 4.98 Å². The number of nitrogens with zero attached hydrogens (tertiary/aromatic N) is 1. The summed E-state index contributed by atoms with van der Waals surface area (Å²) in [6.45, 7) is 1.01. The van der Waals surface area contributed by atoms with E-state index in [1.165, 1.54) is 6.07 Å².